The Kier molecular flexibility index (Phi) is 5.62. The van der Waals surface area contributed by atoms with Gasteiger partial charge in [0.1, 0.15) is 5.75 Å². The molecule has 2 aromatic carbocycles. The van der Waals surface area contributed by atoms with Gasteiger partial charge < -0.3 is 14.9 Å². The number of carbonyl (C=O) groups is 1. The summed E-state index contributed by atoms with van der Waals surface area (Å²) in [6, 6.07) is 7.88. The van der Waals surface area contributed by atoms with E-state index in [-0.39, 0.29) is 17.4 Å². The second-order valence-corrected chi connectivity index (χ2v) is 5.98. The summed E-state index contributed by atoms with van der Waals surface area (Å²) in [7, 11) is 1.54. The van der Waals surface area contributed by atoms with Crippen molar-refractivity contribution in [3.8, 4) is 17.2 Å². The van der Waals surface area contributed by atoms with E-state index in [1.54, 1.807) is 31.4 Å². The lowest BCUT2D eigenvalue weighted by Gasteiger charge is -2.06. The summed E-state index contributed by atoms with van der Waals surface area (Å²) in [4.78, 5) is 11.9. The molecule has 0 heterocycles. The van der Waals surface area contributed by atoms with E-state index >= 15 is 0 Å². The van der Waals surface area contributed by atoms with E-state index in [1.165, 1.54) is 12.3 Å². The molecule has 0 aromatic heterocycles. The third-order valence-electron chi connectivity index (χ3n) is 2.91. The fourth-order valence-corrected chi connectivity index (χ4v) is 2.52. The van der Waals surface area contributed by atoms with Gasteiger partial charge >= 0.3 is 0 Å². The van der Waals surface area contributed by atoms with Crippen molar-refractivity contribution >= 4 is 44.0 Å². The van der Waals surface area contributed by atoms with Gasteiger partial charge in [-0.3, -0.25) is 4.79 Å². The molecule has 8 heteroatoms. The van der Waals surface area contributed by atoms with Crippen molar-refractivity contribution in [2.75, 3.05) is 7.11 Å². The number of hydrogen-bond acceptors (Lipinski definition) is 5. The fourth-order valence-electron chi connectivity index (χ4n) is 1.68. The highest BCUT2D eigenvalue weighted by atomic mass is 79.9. The monoisotopic (exact) mass is 442 g/mol. The van der Waals surface area contributed by atoms with Crippen molar-refractivity contribution in [2.45, 2.75) is 0 Å². The number of benzene rings is 2. The number of phenolic OH excluding ortho intramolecular Hbond substituents is 2. The Morgan fingerprint density at radius 2 is 1.87 bits per heavy atom. The number of ether oxygens (including phenoxy) is 1. The van der Waals surface area contributed by atoms with Crippen LogP contribution in [0, 0.1) is 0 Å². The zero-order valence-corrected chi connectivity index (χ0v) is 15.1. The average molecular weight is 444 g/mol. The Bertz CT molecular complexity index is 761. The van der Waals surface area contributed by atoms with Crippen LogP contribution in [-0.2, 0) is 0 Å². The van der Waals surface area contributed by atoms with Gasteiger partial charge in [0.15, 0.2) is 11.5 Å². The Morgan fingerprint density at radius 3 is 2.48 bits per heavy atom. The maximum atomic E-state index is 11.9. The van der Waals surface area contributed by atoms with E-state index in [0.717, 1.165) is 0 Å². The van der Waals surface area contributed by atoms with Gasteiger partial charge in [-0.05, 0) is 62.2 Å². The second kappa shape index (κ2) is 7.47. The molecule has 0 atom stereocenters. The van der Waals surface area contributed by atoms with E-state index in [9.17, 15) is 15.0 Å². The lowest BCUT2D eigenvalue weighted by atomic mass is 10.2. The molecule has 0 unspecified atom stereocenters. The molecule has 120 valence electrons. The summed E-state index contributed by atoms with van der Waals surface area (Å²) in [5.41, 5.74) is 3.28. The van der Waals surface area contributed by atoms with Gasteiger partial charge in [0, 0.05) is 15.6 Å². The minimum Gasteiger partial charge on any atom is -0.504 e. The SMILES string of the molecule is COc1ccc(C(=O)NN=Cc2cc(O)c(O)c(Br)c2Br)cc1. The van der Waals surface area contributed by atoms with Crippen LogP contribution in [0.1, 0.15) is 15.9 Å². The van der Waals surface area contributed by atoms with E-state index < -0.39 is 0 Å². The molecular formula is C15H12Br2N2O4. The topological polar surface area (TPSA) is 91.2 Å². The third-order valence-corrected chi connectivity index (χ3v) is 5.07. The Balaban J connectivity index is 2.11. The van der Waals surface area contributed by atoms with Crippen LogP contribution < -0.4 is 10.2 Å². The molecule has 23 heavy (non-hydrogen) atoms. The minimum absolute atomic E-state index is 0.281. The van der Waals surface area contributed by atoms with Crippen molar-refractivity contribution in [3.63, 3.8) is 0 Å². The molecule has 2 aromatic rings. The van der Waals surface area contributed by atoms with Crippen LogP contribution in [0.5, 0.6) is 17.2 Å². The van der Waals surface area contributed by atoms with Crippen LogP contribution in [0.3, 0.4) is 0 Å². The predicted octanol–water partition coefficient (Wildman–Crippen LogP) is 3.40. The number of hydrogen-bond donors (Lipinski definition) is 3. The van der Waals surface area contributed by atoms with Gasteiger partial charge in [-0.25, -0.2) is 5.43 Å². The Labute approximate surface area is 149 Å². The molecular weight excluding hydrogens is 432 g/mol. The van der Waals surface area contributed by atoms with Crippen LogP contribution in [0.4, 0.5) is 0 Å². The molecule has 0 fully saturated rings. The van der Waals surface area contributed by atoms with E-state index in [4.69, 9.17) is 4.74 Å². The summed E-state index contributed by atoms with van der Waals surface area (Å²) in [5.74, 6) is -0.320. The lowest BCUT2D eigenvalue weighted by Crippen LogP contribution is -2.17. The van der Waals surface area contributed by atoms with Crippen LogP contribution in [-0.4, -0.2) is 29.4 Å². The van der Waals surface area contributed by atoms with E-state index in [1.807, 2.05) is 0 Å². The molecule has 0 radical (unpaired) electrons. The Hall–Kier alpha value is -2.06. The number of rotatable bonds is 4. The molecule has 0 spiro atoms. The number of methoxy groups -OCH3 is 1. The molecule has 0 saturated carbocycles. The van der Waals surface area contributed by atoms with Gasteiger partial charge in [0.2, 0.25) is 0 Å². The van der Waals surface area contributed by atoms with E-state index in [2.05, 4.69) is 42.4 Å². The average Bonchev–Trinajstić information content (AvgIpc) is 2.57. The van der Waals surface area contributed by atoms with Crippen LogP contribution in [0.15, 0.2) is 44.4 Å². The van der Waals surface area contributed by atoms with Crippen LogP contribution in [0.25, 0.3) is 0 Å². The highest BCUT2D eigenvalue weighted by Gasteiger charge is 2.12. The molecule has 0 aliphatic carbocycles. The van der Waals surface area contributed by atoms with Crippen LogP contribution in [0.2, 0.25) is 0 Å². The highest BCUT2D eigenvalue weighted by Crippen LogP contribution is 2.40. The standard InChI is InChI=1S/C15H12Br2N2O4/c1-23-10-4-2-8(3-5-10)15(22)19-18-7-9-6-11(20)14(21)13(17)12(9)16/h2-7,20-21H,1H3,(H,19,22). The first kappa shape index (κ1) is 17.3. The minimum atomic E-state index is -0.387. The van der Waals surface area contributed by atoms with E-state index in [0.29, 0.717) is 25.8 Å². The first-order chi connectivity index (χ1) is 10.9. The summed E-state index contributed by atoms with van der Waals surface area (Å²) in [5, 5.41) is 23.0. The third kappa shape index (κ3) is 4.02. The van der Waals surface area contributed by atoms with Crippen molar-refractivity contribution in [1.82, 2.24) is 5.43 Å². The number of nitrogens with zero attached hydrogens (tertiary/aromatic N) is 1. The van der Waals surface area contributed by atoms with Crippen molar-refractivity contribution in [2.24, 2.45) is 5.10 Å². The molecule has 0 saturated heterocycles. The highest BCUT2D eigenvalue weighted by molar-refractivity contribution is 9.13. The molecule has 0 bridgehead atoms. The summed E-state index contributed by atoms with van der Waals surface area (Å²) in [6.07, 6.45) is 1.34. The number of nitrogens with one attached hydrogen (secondary N) is 1. The predicted molar refractivity (Wildman–Crippen MR) is 93.2 cm³/mol. The number of halogens is 2. The second-order valence-electron chi connectivity index (χ2n) is 4.39. The fraction of sp³-hybridized carbons (Fsp3) is 0.0667. The number of carbonyl (C=O) groups excluding carboxylic acids is 1. The molecule has 0 aliphatic heterocycles. The normalized spacial score (nSPS) is 10.7. The molecule has 1 amide bonds. The quantitative estimate of drug-likeness (QED) is 0.383. The molecule has 3 N–H and O–H groups in total. The zero-order chi connectivity index (χ0) is 17.0. The summed E-state index contributed by atoms with van der Waals surface area (Å²) < 4.78 is 5.81. The van der Waals surface area contributed by atoms with Gasteiger partial charge in [-0.15, -0.1) is 0 Å². The molecule has 6 nitrogen and oxygen atoms in total. The van der Waals surface area contributed by atoms with Crippen molar-refractivity contribution in [3.05, 3.63) is 50.4 Å². The van der Waals surface area contributed by atoms with Crippen molar-refractivity contribution in [1.29, 1.82) is 0 Å². The number of aromatic hydroxyl groups is 2. The van der Waals surface area contributed by atoms with Gasteiger partial charge in [-0.2, -0.15) is 5.10 Å². The smallest absolute Gasteiger partial charge is 0.271 e. The van der Waals surface area contributed by atoms with Crippen molar-refractivity contribution < 1.29 is 19.7 Å². The van der Waals surface area contributed by atoms with Gasteiger partial charge in [0.05, 0.1) is 17.8 Å². The first-order valence-electron chi connectivity index (χ1n) is 6.31. The maximum absolute atomic E-state index is 11.9. The maximum Gasteiger partial charge on any atom is 0.271 e. The van der Waals surface area contributed by atoms with Gasteiger partial charge in [0.25, 0.3) is 5.91 Å². The molecule has 0 aliphatic rings. The largest absolute Gasteiger partial charge is 0.504 e. The number of phenols is 2. The summed E-state index contributed by atoms with van der Waals surface area (Å²) in [6.45, 7) is 0. The van der Waals surface area contributed by atoms with Crippen LogP contribution >= 0.6 is 31.9 Å². The Morgan fingerprint density at radius 1 is 1.22 bits per heavy atom. The van der Waals surface area contributed by atoms with Gasteiger partial charge in [-0.1, -0.05) is 0 Å². The zero-order valence-electron chi connectivity index (χ0n) is 11.9. The number of amides is 1. The summed E-state index contributed by atoms with van der Waals surface area (Å²) >= 11 is 6.39. The number of hydrazone groups is 1. The molecule has 2 rings (SSSR count). The lowest BCUT2D eigenvalue weighted by molar-refractivity contribution is 0.0955. The first-order valence-corrected chi connectivity index (χ1v) is 7.90.